The molecule has 0 spiro atoms. The molecule has 1 fully saturated rings. The predicted octanol–water partition coefficient (Wildman–Crippen LogP) is 3.33. The number of pyridine rings is 1. The van der Waals surface area contributed by atoms with Gasteiger partial charge >= 0.3 is 0 Å². The molecule has 3 aromatic rings. The van der Waals surface area contributed by atoms with Crippen LogP contribution in [0.15, 0.2) is 42.6 Å². The van der Waals surface area contributed by atoms with E-state index >= 15 is 0 Å². The minimum Gasteiger partial charge on any atom is -0.474 e. The first-order valence-electron chi connectivity index (χ1n) is 10.2. The van der Waals surface area contributed by atoms with Crippen molar-refractivity contribution in [2.75, 3.05) is 0 Å². The van der Waals surface area contributed by atoms with Crippen LogP contribution in [-0.4, -0.2) is 31.9 Å². The normalized spacial score (nSPS) is 23.7. The molecule has 1 unspecified atom stereocenters. The highest BCUT2D eigenvalue weighted by Crippen LogP contribution is 2.36. The fraction of sp³-hybridized carbons (Fsp3) is 0.409. The molecule has 0 amide bonds. The number of hydrogen-bond donors (Lipinski definition) is 1. The zero-order valence-electron chi connectivity index (χ0n) is 16.2. The van der Waals surface area contributed by atoms with Crippen molar-refractivity contribution in [3.05, 3.63) is 65.6 Å². The number of rotatable bonds is 3. The van der Waals surface area contributed by atoms with Crippen LogP contribution in [0.4, 0.5) is 4.39 Å². The van der Waals surface area contributed by atoms with E-state index in [1.54, 1.807) is 12.3 Å². The molecule has 3 heterocycles. The molecular weight excluding hydrogens is 369 g/mol. The lowest BCUT2D eigenvalue weighted by Gasteiger charge is -2.28. The van der Waals surface area contributed by atoms with Gasteiger partial charge in [0, 0.05) is 30.6 Å². The van der Waals surface area contributed by atoms with Crippen LogP contribution in [0.3, 0.4) is 0 Å². The van der Waals surface area contributed by atoms with E-state index in [-0.39, 0.29) is 18.0 Å². The Labute approximate surface area is 168 Å². The van der Waals surface area contributed by atoms with Gasteiger partial charge in [0.1, 0.15) is 23.6 Å². The summed E-state index contributed by atoms with van der Waals surface area (Å²) in [5, 5.41) is 8.99. The molecule has 0 radical (unpaired) electrons. The average molecular weight is 393 g/mol. The Bertz CT molecular complexity index is 998. The molecule has 150 valence electrons. The lowest BCUT2D eigenvalue weighted by molar-refractivity contribution is 0.139. The van der Waals surface area contributed by atoms with Gasteiger partial charge in [-0.25, -0.2) is 9.37 Å². The molecule has 1 atom stereocenters. The van der Waals surface area contributed by atoms with Crippen molar-refractivity contribution in [1.82, 2.24) is 19.7 Å². The second kappa shape index (κ2) is 7.55. The van der Waals surface area contributed by atoms with Gasteiger partial charge in [-0.1, -0.05) is 6.07 Å². The maximum atomic E-state index is 13.8. The topological polar surface area (TPSA) is 78.9 Å². The minimum absolute atomic E-state index is 0.0867. The zero-order chi connectivity index (χ0) is 19.8. The van der Waals surface area contributed by atoms with Crippen LogP contribution in [0.25, 0.3) is 5.69 Å². The van der Waals surface area contributed by atoms with E-state index in [1.807, 2.05) is 24.3 Å². The molecule has 1 aliphatic carbocycles. The Balaban J connectivity index is 1.38. The number of aromatic nitrogens is 4. The molecule has 6 nitrogen and oxygen atoms in total. The maximum Gasteiger partial charge on any atom is 0.213 e. The van der Waals surface area contributed by atoms with Crippen LogP contribution in [0.5, 0.6) is 5.88 Å². The third-order valence-electron chi connectivity index (χ3n) is 5.93. The van der Waals surface area contributed by atoms with E-state index in [2.05, 4.69) is 19.7 Å². The van der Waals surface area contributed by atoms with E-state index in [1.165, 1.54) is 6.07 Å². The Hall–Kier alpha value is -2.80. The van der Waals surface area contributed by atoms with Gasteiger partial charge in [-0.2, -0.15) is 0 Å². The summed E-state index contributed by atoms with van der Waals surface area (Å²) >= 11 is 0. The predicted molar refractivity (Wildman–Crippen MR) is 107 cm³/mol. The molecule has 1 aromatic carbocycles. The standard InChI is InChI=1S/C22H24FN5O/c23-16-6-9-19-15(11-16)12-17(24)13-20-26-27-22(28(19)20)14-4-7-18(8-5-14)29-21-3-1-2-10-25-21/h1-3,6,9-11,14,17-18H,4-5,7-8,12-13,24H2/t14-,17?,18-. The zero-order valence-corrected chi connectivity index (χ0v) is 16.2. The van der Waals surface area contributed by atoms with Gasteiger partial charge in [0.15, 0.2) is 0 Å². The summed E-state index contributed by atoms with van der Waals surface area (Å²) in [7, 11) is 0. The Kier molecular flexibility index (Phi) is 4.75. The highest BCUT2D eigenvalue weighted by molar-refractivity contribution is 5.45. The van der Waals surface area contributed by atoms with Crippen molar-refractivity contribution in [3.8, 4) is 11.6 Å². The maximum absolute atomic E-state index is 13.8. The van der Waals surface area contributed by atoms with Crippen molar-refractivity contribution in [2.24, 2.45) is 5.73 Å². The number of ether oxygens (including phenoxy) is 1. The van der Waals surface area contributed by atoms with Gasteiger partial charge in [-0.3, -0.25) is 4.57 Å². The van der Waals surface area contributed by atoms with Crippen LogP contribution in [0, 0.1) is 5.82 Å². The van der Waals surface area contributed by atoms with Gasteiger partial charge in [0.25, 0.3) is 0 Å². The quantitative estimate of drug-likeness (QED) is 0.738. The van der Waals surface area contributed by atoms with E-state index in [0.29, 0.717) is 24.6 Å². The molecule has 0 bridgehead atoms. The molecule has 2 aliphatic rings. The van der Waals surface area contributed by atoms with Gasteiger partial charge in [0.2, 0.25) is 5.88 Å². The number of nitrogens with two attached hydrogens (primary N) is 1. The molecular formula is C22H24FN5O. The highest BCUT2D eigenvalue weighted by Gasteiger charge is 2.31. The average Bonchev–Trinajstić information content (AvgIpc) is 3.06. The van der Waals surface area contributed by atoms with Crippen LogP contribution in [0.2, 0.25) is 0 Å². The van der Waals surface area contributed by atoms with Crippen LogP contribution < -0.4 is 10.5 Å². The minimum atomic E-state index is -0.235. The van der Waals surface area contributed by atoms with Gasteiger partial charge in [-0.05, 0) is 61.9 Å². The third kappa shape index (κ3) is 3.62. The first kappa shape index (κ1) is 18.2. The van der Waals surface area contributed by atoms with Crippen LogP contribution in [-0.2, 0) is 12.8 Å². The highest BCUT2D eigenvalue weighted by atomic mass is 19.1. The van der Waals surface area contributed by atoms with Crippen molar-refractivity contribution < 1.29 is 9.13 Å². The van der Waals surface area contributed by atoms with E-state index in [4.69, 9.17) is 10.5 Å². The molecule has 29 heavy (non-hydrogen) atoms. The first-order valence-corrected chi connectivity index (χ1v) is 10.2. The molecule has 2 N–H and O–H groups in total. The summed E-state index contributed by atoms with van der Waals surface area (Å²) in [6.45, 7) is 0. The lowest BCUT2D eigenvalue weighted by atomic mass is 9.86. The number of nitrogens with zero attached hydrogens (tertiary/aromatic N) is 4. The second-order valence-corrected chi connectivity index (χ2v) is 8.01. The molecule has 1 saturated carbocycles. The fourth-order valence-electron chi connectivity index (χ4n) is 4.54. The number of halogens is 1. The van der Waals surface area contributed by atoms with Crippen molar-refractivity contribution in [1.29, 1.82) is 0 Å². The monoisotopic (exact) mass is 393 g/mol. The van der Waals surface area contributed by atoms with Gasteiger partial charge in [-0.15, -0.1) is 10.2 Å². The molecule has 1 aliphatic heterocycles. The summed E-state index contributed by atoms with van der Waals surface area (Å²) < 4.78 is 22.0. The van der Waals surface area contributed by atoms with Crippen molar-refractivity contribution in [3.63, 3.8) is 0 Å². The fourth-order valence-corrected chi connectivity index (χ4v) is 4.54. The van der Waals surface area contributed by atoms with Crippen LogP contribution >= 0.6 is 0 Å². The molecule has 7 heteroatoms. The number of benzene rings is 1. The van der Waals surface area contributed by atoms with Crippen molar-refractivity contribution in [2.45, 2.75) is 56.6 Å². The summed E-state index contributed by atoms with van der Waals surface area (Å²) in [5.41, 5.74) is 8.15. The Morgan fingerprint density at radius 2 is 1.90 bits per heavy atom. The first-order chi connectivity index (χ1) is 14.2. The molecule has 2 aromatic heterocycles. The number of fused-ring (bicyclic) bond motifs is 3. The van der Waals surface area contributed by atoms with E-state index in [0.717, 1.165) is 48.6 Å². The summed E-state index contributed by atoms with van der Waals surface area (Å²) in [4.78, 5) is 4.26. The van der Waals surface area contributed by atoms with Gasteiger partial charge < -0.3 is 10.5 Å². The Morgan fingerprint density at radius 3 is 2.69 bits per heavy atom. The van der Waals surface area contributed by atoms with Crippen LogP contribution in [0.1, 0.15) is 48.8 Å². The molecule has 0 saturated heterocycles. The SMILES string of the molecule is NC1Cc2cc(F)ccc2-n2c(nnc2[C@H]2CC[C@H](Oc3ccccn3)CC2)C1. The van der Waals surface area contributed by atoms with Gasteiger partial charge in [0.05, 0.1) is 5.69 Å². The smallest absolute Gasteiger partial charge is 0.213 e. The largest absolute Gasteiger partial charge is 0.474 e. The number of hydrogen-bond acceptors (Lipinski definition) is 5. The third-order valence-corrected chi connectivity index (χ3v) is 5.93. The Morgan fingerprint density at radius 1 is 1.03 bits per heavy atom. The summed E-state index contributed by atoms with van der Waals surface area (Å²) in [5.74, 6) is 2.56. The van der Waals surface area contributed by atoms with E-state index < -0.39 is 0 Å². The lowest BCUT2D eigenvalue weighted by Crippen LogP contribution is -2.25. The van der Waals surface area contributed by atoms with E-state index in [9.17, 15) is 4.39 Å². The second-order valence-electron chi connectivity index (χ2n) is 8.01. The molecule has 5 rings (SSSR count). The van der Waals surface area contributed by atoms with Crippen molar-refractivity contribution >= 4 is 0 Å². The summed E-state index contributed by atoms with van der Waals surface area (Å²) in [6, 6.07) is 10.5. The summed E-state index contributed by atoms with van der Waals surface area (Å²) in [6.07, 6.45) is 7.02.